The molecule has 1 fully saturated rings. The Labute approximate surface area is 136 Å². The van der Waals surface area contributed by atoms with Crippen molar-refractivity contribution in [2.75, 3.05) is 39.9 Å². The summed E-state index contributed by atoms with van der Waals surface area (Å²) in [5, 5.41) is 4.06. The molecule has 1 unspecified atom stereocenters. The number of ether oxygens (including phenoxy) is 1. The summed E-state index contributed by atoms with van der Waals surface area (Å²) in [6.07, 6.45) is 2.78. The second kappa shape index (κ2) is 7.73. The molecule has 0 bridgehead atoms. The van der Waals surface area contributed by atoms with Crippen LogP contribution in [-0.2, 0) is 11.3 Å². The molecular formula is C18H24N2O3. The lowest BCUT2D eigenvalue weighted by atomic mass is 10.1. The van der Waals surface area contributed by atoms with Crippen LogP contribution in [0.3, 0.4) is 0 Å². The molecule has 1 N–H and O–H groups in total. The molecule has 2 heterocycles. The van der Waals surface area contributed by atoms with Crippen molar-refractivity contribution in [2.24, 2.45) is 5.92 Å². The SMILES string of the molecule is COCCN1CCC(CNCc2coc3ccccc3c2=O)C1. The fraction of sp³-hybridized carbons (Fsp3) is 0.500. The molecule has 1 aliphatic heterocycles. The van der Waals surface area contributed by atoms with Gasteiger partial charge in [-0.3, -0.25) is 4.79 Å². The van der Waals surface area contributed by atoms with Crippen LogP contribution < -0.4 is 10.7 Å². The van der Waals surface area contributed by atoms with Gasteiger partial charge in [-0.05, 0) is 37.6 Å². The third-order valence-electron chi connectivity index (χ3n) is 4.48. The molecule has 0 saturated carbocycles. The van der Waals surface area contributed by atoms with Gasteiger partial charge in [0.05, 0.1) is 18.3 Å². The second-order valence-electron chi connectivity index (χ2n) is 6.17. The number of benzene rings is 1. The molecule has 0 aliphatic carbocycles. The van der Waals surface area contributed by atoms with Crippen LogP contribution in [0.4, 0.5) is 0 Å². The Hall–Kier alpha value is -1.69. The quantitative estimate of drug-likeness (QED) is 0.845. The van der Waals surface area contributed by atoms with Gasteiger partial charge in [-0.1, -0.05) is 12.1 Å². The van der Waals surface area contributed by atoms with Gasteiger partial charge in [0.2, 0.25) is 0 Å². The van der Waals surface area contributed by atoms with Gasteiger partial charge in [0.25, 0.3) is 0 Å². The van der Waals surface area contributed by atoms with Crippen LogP contribution in [0.5, 0.6) is 0 Å². The third-order valence-corrected chi connectivity index (χ3v) is 4.48. The standard InChI is InChI=1S/C18H24N2O3/c1-22-9-8-20-7-6-14(12-20)10-19-11-15-13-23-17-5-3-2-4-16(17)18(15)21/h2-5,13-14,19H,6-12H2,1H3. The summed E-state index contributed by atoms with van der Waals surface area (Å²) in [7, 11) is 1.74. The number of nitrogens with zero attached hydrogens (tertiary/aromatic N) is 1. The topological polar surface area (TPSA) is 54.7 Å². The largest absolute Gasteiger partial charge is 0.464 e. The van der Waals surface area contributed by atoms with Crippen molar-refractivity contribution in [3.8, 4) is 0 Å². The molecule has 2 aromatic rings. The first-order valence-electron chi connectivity index (χ1n) is 8.19. The fourth-order valence-electron chi connectivity index (χ4n) is 3.15. The summed E-state index contributed by atoms with van der Waals surface area (Å²) >= 11 is 0. The van der Waals surface area contributed by atoms with E-state index in [-0.39, 0.29) is 5.43 Å². The summed E-state index contributed by atoms with van der Waals surface area (Å²) < 4.78 is 10.7. The maximum absolute atomic E-state index is 12.4. The van der Waals surface area contributed by atoms with Crippen molar-refractivity contribution < 1.29 is 9.15 Å². The van der Waals surface area contributed by atoms with E-state index in [2.05, 4.69) is 10.2 Å². The minimum absolute atomic E-state index is 0.0625. The highest BCUT2D eigenvalue weighted by molar-refractivity contribution is 5.76. The van der Waals surface area contributed by atoms with Crippen LogP contribution in [0, 0.1) is 5.92 Å². The lowest BCUT2D eigenvalue weighted by molar-refractivity contribution is 0.159. The molecule has 5 nitrogen and oxygen atoms in total. The molecule has 3 rings (SSSR count). The van der Waals surface area contributed by atoms with E-state index in [9.17, 15) is 4.79 Å². The zero-order chi connectivity index (χ0) is 16.1. The van der Waals surface area contributed by atoms with Gasteiger partial charge >= 0.3 is 0 Å². The van der Waals surface area contributed by atoms with E-state index in [4.69, 9.17) is 9.15 Å². The molecule has 124 valence electrons. The average molecular weight is 316 g/mol. The Balaban J connectivity index is 1.52. The van der Waals surface area contributed by atoms with Gasteiger partial charge in [0.15, 0.2) is 5.43 Å². The minimum Gasteiger partial charge on any atom is -0.464 e. The predicted molar refractivity (Wildman–Crippen MR) is 90.6 cm³/mol. The number of hydrogen-bond donors (Lipinski definition) is 1. The van der Waals surface area contributed by atoms with Crippen LogP contribution in [0.2, 0.25) is 0 Å². The number of likely N-dealkylation sites (tertiary alicyclic amines) is 1. The third kappa shape index (κ3) is 3.99. The molecule has 1 aromatic heterocycles. The first-order valence-corrected chi connectivity index (χ1v) is 8.19. The summed E-state index contributed by atoms with van der Waals surface area (Å²) in [5.74, 6) is 0.638. The normalized spacial score (nSPS) is 18.7. The van der Waals surface area contributed by atoms with E-state index in [1.807, 2.05) is 24.3 Å². The Morgan fingerprint density at radius 2 is 2.26 bits per heavy atom. The summed E-state index contributed by atoms with van der Waals surface area (Å²) in [4.78, 5) is 14.8. The van der Waals surface area contributed by atoms with Crippen molar-refractivity contribution in [3.63, 3.8) is 0 Å². The Morgan fingerprint density at radius 1 is 1.39 bits per heavy atom. The van der Waals surface area contributed by atoms with E-state index in [1.54, 1.807) is 13.4 Å². The monoisotopic (exact) mass is 316 g/mol. The lowest BCUT2D eigenvalue weighted by Gasteiger charge is -2.15. The zero-order valence-electron chi connectivity index (χ0n) is 13.6. The summed E-state index contributed by atoms with van der Waals surface area (Å²) in [6.45, 7) is 5.51. The van der Waals surface area contributed by atoms with Gasteiger partial charge in [-0.2, -0.15) is 0 Å². The number of hydrogen-bond acceptors (Lipinski definition) is 5. The first-order chi connectivity index (χ1) is 11.3. The summed E-state index contributed by atoms with van der Waals surface area (Å²) in [5.41, 5.74) is 1.40. The van der Waals surface area contributed by atoms with E-state index in [1.165, 1.54) is 6.42 Å². The van der Waals surface area contributed by atoms with Crippen LogP contribution in [0.15, 0.2) is 39.7 Å². The van der Waals surface area contributed by atoms with Crippen molar-refractivity contribution >= 4 is 11.0 Å². The number of methoxy groups -OCH3 is 1. The van der Waals surface area contributed by atoms with Crippen LogP contribution in [0.1, 0.15) is 12.0 Å². The van der Waals surface area contributed by atoms with Crippen molar-refractivity contribution in [1.82, 2.24) is 10.2 Å². The molecule has 0 amide bonds. The number of rotatable bonds is 7. The number of fused-ring (bicyclic) bond motifs is 1. The average Bonchev–Trinajstić information content (AvgIpc) is 3.03. The van der Waals surface area contributed by atoms with Crippen LogP contribution in [0.25, 0.3) is 11.0 Å². The lowest BCUT2D eigenvalue weighted by Crippen LogP contribution is -2.29. The maximum Gasteiger partial charge on any atom is 0.197 e. The van der Waals surface area contributed by atoms with E-state index in [0.717, 1.165) is 32.8 Å². The van der Waals surface area contributed by atoms with Crippen molar-refractivity contribution in [2.45, 2.75) is 13.0 Å². The Bertz CT molecular complexity index is 698. The van der Waals surface area contributed by atoms with Gasteiger partial charge in [-0.15, -0.1) is 0 Å². The van der Waals surface area contributed by atoms with Crippen LogP contribution >= 0.6 is 0 Å². The van der Waals surface area contributed by atoms with Crippen molar-refractivity contribution in [3.05, 3.63) is 46.3 Å². The first kappa shape index (κ1) is 16.2. The van der Waals surface area contributed by atoms with E-state index >= 15 is 0 Å². The van der Waals surface area contributed by atoms with E-state index in [0.29, 0.717) is 29.0 Å². The minimum atomic E-state index is 0.0625. The highest BCUT2D eigenvalue weighted by Gasteiger charge is 2.21. The molecule has 0 radical (unpaired) electrons. The molecule has 23 heavy (non-hydrogen) atoms. The molecule has 0 spiro atoms. The second-order valence-corrected chi connectivity index (χ2v) is 6.17. The smallest absolute Gasteiger partial charge is 0.197 e. The molecule has 1 saturated heterocycles. The van der Waals surface area contributed by atoms with E-state index < -0.39 is 0 Å². The highest BCUT2D eigenvalue weighted by Crippen LogP contribution is 2.15. The predicted octanol–water partition coefficient (Wildman–Crippen LogP) is 1.85. The maximum atomic E-state index is 12.4. The fourth-order valence-corrected chi connectivity index (χ4v) is 3.15. The van der Waals surface area contributed by atoms with Crippen LogP contribution in [-0.4, -0.2) is 44.8 Å². The molecule has 1 aliphatic rings. The van der Waals surface area contributed by atoms with Gasteiger partial charge < -0.3 is 19.4 Å². The molecular weight excluding hydrogens is 292 g/mol. The number of nitrogens with one attached hydrogen (secondary N) is 1. The van der Waals surface area contributed by atoms with Crippen molar-refractivity contribution in [1.29, 1.82) is 0 Å². The number of para-hydroxylation sites is 1. The zero-order valence-corrected chi connectivity index (χ0v) is 13.6. The van der Waals surface area contributed by atoms with Gasteiger partial charge in [0, 0.05) is 32.3 Å². The Kier molecular flexibility index (Phi) is 5.43. The molecule has 1 aromatic carbocycles. The highest BCUT2D eigenvalue weighted by atomic mass is 16.5. The molecule has 5 heteroatoms. The Morgan fingerprint density at radius 3 is 3.13 bits per heavy atom. The van der Waals surface area contributed by atoms with Gasteiger partial charge in [-0.25, -0.2) is 0 Å². The molecule has 1 atom stereocenters. The van der Waals surface area contributed by atoms with Gasteiger partial charge in [0.1, 0.15) is 5.58 Å². The summed E-state index contributed by atoms with van der Waals surface area (Å²) in [6, 6.07) is 7.37.